The van der Waals surface area contributed by atoms with Gasteiger partial charge in [0.1, 0.15) is 35.7 Å². The Morgan fingerprint density at radius 3 is 1.02 bits per heavy atom. The molecule has 0 aliphatic rings. The number of hydrogen-bond donors (Lipinski definition) is 7. The summed E-state index contributed by atoms with van der Waals surface area (Å²) in [6.45, 7) is 1.30. The topological polar surface area (TPSA) is 387 Å². The lowest BCUT2D eigenvalue weighted by Crippen LogP contribution is -2.23. The molecule has 15 aromatic rings. The Hall–Kier alpha value is -13.7. The monoisotopic (exact) mass is 1450 g/mol. The molecule has 0 saturated carbocycles. The van der Waals surface area contributed by atoms with E-state index in [2.05, 4.69) is 73.7 Å². The third kappa shape index (κ3) is 17.6. The van der Waals surface area contributed by atoms with Crippen molar-refractivity contribution in [2.75, 3.05) is 17.2 Å². The van der Waals surface area contributed by atoms with Gasteiger partial charge in [-0.3, -0.25) is 39.5 Å². The number of carboxylic acids is 1. The van der Waals surface area contributed by atoms with Crippen molar-refractivity contribution in [1.29, 1.82) is 15.8 Å². The Morgan fingerprint density at radius 1 is 0.368 bits per heavy atom. The number of halogens is 3. The summed E-state index contributed by atoms with van der Waals surface area (Å²) in [6.07, 6.45) is 15.6. The van der Waals surface area contributed by atoms with Gasteiger partial charge in [-0.15, -0.1) is 0 Å². The van der Waals surface area contributed by atoms with Crippen LogP contribution >= 0.6 is 34.8 Å². The van der Waals surface area contributed by atoms with Gasteiger partial charge in [0.15, 0.2) is 0 Å². The molecule has 0 bridgehead atoms. The van der Waals surface area contributed by atoms with E-state index >= 15 is 0 Å². The van der Waals surface area contributed by atoms with Gasteiger partial charge >= 0.3 is 5.97 Å². The molecule has 25 heteroatoms. The van der Waals surface area contributed by atoms with Gasteiger partial charge in [-0.2, -0.15) is 15.8 Å². The molecule has 0 saturated heterocycles. The number of amides is 2. The Morgan fingerprint density at radius 2 is 0.679 bits per heavy atom. The number of nitrogen functional groups attached to an aromatic ring is 3. The number of fused-ring (bicyclic) bond motifs is 6. The number of pyridine rings is 9. The summed E-state index contributed by atoms with van der Waals surface area (Å²) in [5.74, 6) is 0.137. The first-order chi connectivity index (χ1) is 51.4. The summed E-state index contributed by atoms with van der Waals surface area (Å²) < 4.78 is 0. The number of carbonyl (C=O) groups excluding carboxylic acids is 2. The molecule has 15 rings (SSSR count). The maximum absolute atomic E-state index is 12.8. The number of nitrogens with zero attached hydrogens (tertiary/aromatic N) is 12. The SMILES string of the molecule is N#Cc1cc(Cc2cc(C(=O)NCc3ccc4c(N)nccc4c3)ccn2)cc2cc(Cl)cnc12.N#Cc1cc(Cc2cc(C(=O)NCc3ccc4c(N)nccc4c3)ccn2)cc2cc(Cl)cnc12.N#Cc1cc(Cc2cc(C(=O)O)ccn2)cc2cc(Cl)cnc12.NCc1ccc2c(N)nccc2c1. The number of carbonyl (C=O) groups is 3. The van der Waals surface area contributed by atoms with Gasteiger partial charge in [-0.05, 0) is 177 Å². The highest BCUT2D eigenvalue weighted by Crippen LogP contribution is 2.29. The zero-order chi connectivity index (χ0) is 74.4. The van der Waals surface area contributed by atoms with E-state index in [0.29, 0.717) is 133 Å². The molecule has 0 radical (unpaired) electrons. The van der Waals surface area contributed by atoms with E-state index < -0.39 is 5.97 Å². The Kier molecular flexibility index (Phi) is 22.4. The van der Waals surface area contributed by atoms with E-state index in [0.717, 1.165) is 81.9 Å². The molecule has 0 aliphatic heterocycles. The lowest BCUT2D eigenvalue weighted by molar-refractivity contribution is 0.0696. The van der Waals surface area contributed by atoms with Crippen LogP contribution in [0.5, 0.6) is 0 Å². The molecule has 11 N–H and O–H groups in total. The highest BCUT2D eigenvalue weighted by atomic mass is 35.5. The fourth-order valence-corrected chi connectivity index (χ4v) is 12.4. The number of nitriles is 3. The summed E-state index contributed by atoms with van der Waals surface area (Å²) in [4.78, 5) is 74.6. The van der Waals surface area contributed by atoms with Crippen LogP contribution in [-0.4, -0.2) is 67.7 Å². The lowest BCUT2D eigenvalue weighted by atomic mass is 10.0. The number of carboxylic acid groups (broad SMARTS) is 1. The van der Waals surface area contributed by atoms with Crippen molar-refractivity contribution in [1.82, 2.24) is 55.5 Å². The normalized spacial score (nSPS) is 10.7. The van der Waals surface area contributed by atoms with Gasteiger partial charge in [-0.1, -0.05) is 71.2 Å². The van der Waals surface area contributed by atoms with Crippen molar-refractivity contribution in [2.45, 2.75) is 38.9 Å². The third-order valence-corrected chi connectivity index (χ3v) is 17.5. The minimum atomic E-state index is -0.999. The van der Waals surface area contributed by atoms with Crippen molar-refractivity contribution < 1.29 is 19.5 Å². The Balaban J connectivity index is 0.000000140. The second kappa shape index (κ2) is 33.0. The van der Waals surface area contributed by atoms with Crippen LogP contribution in [0.3, 0.4) is 0 Å². The first-order valence-electron chi connectivity index (χ1n) is 32.6. The molecular formula is C81H59Cl3N18O4. The number of nitrogens with two attached hydrogens (primary N) is 4. The van der Waals surface area contributed by atoms with Gasteiger partial charge in [0.05, 0.1) is 53.9 Å². The Labute approximate surface area is 620 Å². The molecule has 0 fully saturated rings. The number of anilines is 3. The molecule has 0 spiro atoms. The first kappa shape index (κ1) is 72.1. The third-order valence-electron chi connectivity index (χ3n) is 16.9. The van der Waals surface area contributed by atoms with Gasteiger partial charge in [0, 0.05) is 155 Å². The van der Waals surface area contributed by atoms with Crippen LogP contribution < -0.4 is 33.6 Å². The van der Waals surface area contributed by atoms with E-state index in [4.69, 9.17) is 62.8 Å². The van der Waals surface area contributed by atoms with Gasteiger partial charge < -0.3 is 38.7 Å². The summed E-state index contributed by atoms with van der Waals surface area (Å²) in [5, 5.41) is 52.9. The predicted molar refractivity (Wildman–Crippen MR) is 411 cm³/mol. The van der Waals surface area contributed by atoms with Crippen LogP contribution in [0.1, 0.15) is 98.2 Å². The summed E-state index contributed by atoms with van der Waals surface area (Å²) in [5.41, 5.74) is 35.1. The number of benzene rings is 6. The number of hydrogen-bond acceptors (Lipinski definition) is 19. The maximum Gasteiger partial charge on any atom is 0.335 e. The first-order valence-corrected chi connectivity index (χ1v) is 33.7. The summed E-state index contributed by atoms with van der Waals surface area (Å²) in [7, 11) is 0. The molecule has 0 aliphatic carbocycles. The largest absolute Gasteiger partial charge is 0.478 e. The van der Waals surface area contributed by atoms with Crippen molar-refractivity contribution in [3.05, 3.63) is 318 Å². The molecule has 0 atom stereocenters. The second-order valence-electron chi connectivity index (χ2n) is 24.2. The second-order valence-corrected chi connectivity index (χ2v) is 25.5. The zero-order valence-corrected chi connectivity index (χ0v) is 58.3. The molecular weight excluding hydrogens is 1400 g/mol. The van der Waals surface area contributed by atoms with E-state index in [1.54, 1.807) is 91.6 Å². The number of aromatic nitrogens is 9. The van der Waals surface area contributed by atoms with Crippen LogP contribution in [0.15, 0.2) is 220 Å². The average Bonchev–Trinajstić information content (AvgIpc) is 0.684. The van der Waals surface area contributed by atoms with Crippen LogP contribution in [0, 0.1) is 34.0 Å². The molecule has 6 aromatic carbocycles. The van der Waals surface area contributed by atoms with E-state index in [-0.39, 0.29) is 17.4 Å². The number of aromatic carboxylic acids is 1. The zero-order valence-electron chi connectivity index (χ0n) is 56.0. The lowest BCUT2D eigenvalue weighted by Gasteiger charge is -2.09. The van der Waals surface area contributed by atoms with E-state index in [1.165, 1.54) is 36.9 Å². The van der Waals surface area contributed by atoms with Gasteiger partial charge in [0.25, 0.3) is 11.8 Å². The average molecular weight is 1450 g/mol. The van der Waals surface area contributed by atoms with Gasteiger partial charge in [0.2, 0.25) is 0 Å². The van der Waals surface area contributed by atoms with Crippen LogP contribution in [-0.2, 0) is 38.9 Å². The van der Waals surface area contributed by atoms with E-state index in [9.17, 15) is 30.2 Å². The quantitative estimate of drug-likeness (QED) is 0.0531. The van der Waals surface area contributed by atoms with Gasteiger partial charge in [-0.25, -0.2) is 19.7 Å². The summed E-state index contributed by atoms with van der Waals surface area (Å²) in [6, 6.07) is 56.0. The molecule has 22 nitrogen and oxygen atoms in total. The van der Waals surface area contributed by atoms with Crippen molar-refractivity contribution in [3.63, 3.8) is 0 Å². The van der Waals surface area contributed by atoms with E-state index in [1.807, 2.05) is 91.0 Å². The van der Waals surface area contributed by atoms with Crippen molar-refractivity contribution in [3.8, 4) is 18.2 Å². The highest BCUT2D eigenvalue weighted by molar-refractivity contribution is 6.32. The number of rotatable bonds is 14. The summed E-state index contributed by atoms with van der Waals surface area (Å²) >= 11 is 18.1. The van der Waals surface area contributed by atoms with Crippen LogP contribution in [0.2, 0.25) is 15.1 Å². The molecule has 518 valence electrons. The molecule has 2 amide bonds. The highest BCUT2D eigenvalue weighted by Gasteiger charge is 2.16. The molecule has 9 heterocycles. The number of nitrogens with one attached hydrogen (secondary N) is 2. The fourth-order valence-electron chi connectivity index (χ4n) is 11.9. The maximum atomic E-state index is 12.8. The minimum Gasteiger partial charge on any atom is -0.478 e. The smallest absolute Gasteiger partial charge is 0.335 e. The standard InChI is InChI=1S/2C27H19ClN6O.C17H10ClN3O2.C10H11N3/c2*28-22-11-20-8-17(9-21(13-29)25(20)33-15-22)10-23-12-19(4-5-31-23)27(35)34-14-16-1-2-24-18(7-16)3-6-32-26(24)30;18-14-6-12-3-10(4-13(8-19)16(12)21-9-14)5-15-7-11(17(22)23)1-2-20-15;11-6-7-1-2-9-8(5-7)3-4-13-10(9)12/h2*1-9,11-12,15H,10,14H2,(H2,30,32)(H,34,35);1-4,6-7,9H,5H2,(H,22,23);1-5H,6,11H2,(H2,12,13). The van der Waals surface area contributed by atoms with Crippen molar-refractivity contribution in [2.24, 2.45) is 5.73 Å². The molecule has 9 aromatic heterocycles. The fraction of sp³-hybridized carbons (Fsp3) is 0.0741. The molecule has 106 heavy (non-hydrogen) atoms. The van der Waals surface area contributed by atoms with Crippen LogP contribution in [0.4, 0.5) is 17.5 Å². The Bertz CT molecular complexity index is 5840. The minimum absolute atomic E-state index is 0.181. The van der Waals surface area contributed by atoms with Crippen molar-refractivity contribution >= 4 is 135 Å². The molecule has 0 unspecified atom stereocenters. The predicted octanol–water partition coefficient (Wildman–Crippen LogP) is 14.3. The van der Waals surface area contributed by atoms with Crippen LogP contribution in [0.25, 0.3) is 65.0 Å².